The molecule has 1 saturated heterocycles. The summed E-state index contributed by atoms with van der Waals surface area (Å²) in [4.78, 5) is 14.4. The van der Waals surface area contributed by atoms with Crippen molar-refractivity contribution in [3.63, 3.8) is 0 Å². The molecular weight excluding hydrogens is 266 g/mol. The molecule has 2 heterocycles. The molecule has 2 atom stereocenters. The van der Waals surface area contributed by atoms with Gasteiger partial charge in [-0.2, -0.15) is 0 Å². The Morgan fingerprint density at radius 1 is 1.42 bits per heavy atom. The van der Waals surface area contributed by atoms with Crippen LogP contribution in [0.25, 0.3) is 0 Å². The number of halogens is 1. The standard InChI is InChI=1S/C14H16ClNO3/c1-9-4-5-16(11(9)7-15)14(17)10-2-3-12-13(6-10)19-8-18-12/h2-3,6,9,11H,4-5,7-8H2,1H3. The normalized spacial score (nSPS) is 24.8. The molecule has 1 aromatic carbocycles. The minimum Gasteiger partial charge on any atom is -0.454 e. The van der Waals surface area contributed by atoms with E-state index in [4.69, 9.17) is 21.1 Å². The highest BCUT2D eigenvalue weighted by Crippen LogP contribution is 2.34. The molecule has 0 saturated carbocycles. The molecule has 0 spiro atoms. The van der Waals surface area contributed by atoms with E-state index in [-0.39, 0.29) is 18.7 Å². The molecule has 102 valence electrons. The van der Waals surface area contributed by atoms with Crippen molar-refractivity contribution in [2.75, 3.05) is 19.2 Å². The number of fused-ring (bicyclic) bond motifs is 1. The Morgan fingerprint density at radius 2 is 2.21 bits per heavy atom. The highest BCUT2D eigenvalue weighted by Gasteiger charge is 2.34. The summed E-state index contributed by atoms with van der Waals surface area (Å²) in [5, 5.41) is 0. The third kappa shape index (κ3) is 2.14. The fraction of sp³-hybridized carbons (Fsp3) is 0.500. The van der Waals surface area contributed by atoms with Gasteiger partial charge in [0.2, 0.25) is 6.79 Å². The second-order valence-electron chi connectivity index (χ2n) is 5.05. The Morgan fingerprint density at radius 3 is 3.00 bits per heavy atom. The van der Waals surface area contributed by atoms with Crippen molar-refractivity contribution in [2.24, 2.45) is 5.92 Å². The largest absolute Gasteiger partial charge is 0.454 e. The molecule has 1 aromatic rings. The average molecular weight is 282 g/mol. The number of carbonyl (C=O) groups is 1. The first-order valence-electron chi connectivity index (χ1n) is 6.47. The van der Waals surface area contributed by atoms with Crippen LogP contribution < -0.4 is 9.47 Å². The molecule has 2 aliphatic rings. The summed E-state index contributed by atoms with van der Waals surface area (Å²) in [6, 6.07) is 5.44. The maximum absolute atomic E-state index is 12.5. The minimum atomic E-state index is 0.0216. The van der Waals surface area contributed by atoms with Crippen LogP contribution in [0.4, 0.5) is 0 Å². The number of amides is 1. The van der Waals surface area contributed by atoms with E-state index in [2.05, 4.69) is 6.92 Å². The smallest absolute Gasteiger partial charge is 0.254 e. The zero-order valence-electron chi connectivity index (χ0n) is 10.8. The van der Waals surface area contributed by atoms with Crippen LogP contribution in [-0.4, -0.2) is 36.1 Å². The van der Waals surface area contributed by atoms with E-state index in [9.17, 15) is 4.79 Å². The Bertz CT molecular complexity index is 505. The van der Waals surface area contributed by atoms with E-state index in [0.717, 1.165) is 13.0 Å². The number of benzene rings is 1. The summed E-state index contributed by atoms with van der Waals surface area (Å²) >= 11 is 5.98. The molecule has 0 bridgehead atoms. The van der Waals surface area contributed by atoms with Crippen LogP contribution in [-0.2, 0) is 0 Å². The maximum Gasteiger partial charge on any atom is 0.254 e. The van der Waals surface area contributed by atoms with Gasteiger partial charge in [-0.15, -0.1) is 11.6 Å². The van der Waals surface area contributed by atoms with Gasteiger partial charge >= 0.3 is 0 Å². The van der Waals surface area contributed by atoms with Crippen molar-refractivity contribution in [1.29, 1.82) is 0 Å². The summed E-state index contributed by atoms with van der Waals surface area (Å²) in [6.07, 6.45) is 1.01. The Kier molecular flexibility index (Phi) is 3.27. The van der Waals surface area contributed by atoms with Gasteiger partial charge < -0.3 is 14.4 Å². The highest BCUT2D eigenvalue weighted by molar-refractivity contribution is 6.18. The summed E-state index contributed by atoms with van der Waals surface area (Å²) in [7, 11) is 0. The number of ether oxygens (including phenoxy) is 2. The molecule has 0 radical (unpaired) electrons. The molecule has 1 fully saturated rings. The molecule has 19 heavy (non-hydrogen) atoms. The minimum absolute atomic E-state index is 0.0216. The monoisotopic (exact) mass is 281 g/mol. The number of alkyl halides is 1. The quantitative estimate of drug-likeness (QED) is 0.782. The first-order chi connectivity index (χ1) is 9.20. The predicted molar refractivity (Wildman–Crippen MR) is 71.9 cm³/mol. The number of nitrogens with zero attached hydrogens (tertiary/aromatic N) is 1. The van der Waals surface area contributed by atoms with Gasteiger partial charge in [0, 0.05) is 24.0 Å². The van der Waals surface area contributed by atoms with Crippen LogP contribution in [0.15, 0.2) is 18.2 Å². The van der Waals surface area contributed by atoms with Crippen molar-refractivity contribution in [3.05, 3.63) is 23.8 Å². The first kappa shape index (κ1) is 12.6. The number of carbonyl (C=O) groups excluding carboxylic acids is 1. The molecular formula is C14H16ClNO3. The van der Waals surface area contributed by atoms with Gasteiger partial charge in [0.05, 0.1) is 0 Å². The van der Waals surface area contributed by atoms with E-state index in [0.29, 0.717) is 28.9 Å². The lowest BCUT2D eigenvalue weighted by molar-refractivity contribution is 0.0736. The summed E-state index contributed by atoms with van der Waals surface area (Å²) in [6.45, 7) is 3.13. The van der Waals surface area contributed by atoms with Crippen LogP contribution in [0.2, 0.25) is 0 Å². The molecule has 5 heteroatoms. The zero-order chi connectivity index (χ0) is 13.4. The lowest BCUT2D eigenvalue weighted by atomic mass is 10.0. The number of hydrogen-bond donors (Lipinski definition) is 0. The van der Waals surface area contributed by atoms with Gasteiger partial charge in [0.1, 0.15) is 0 Å². The predicted octanol–water partition coefficient (Wildman–Crippen LogP) is 2.50. The molecule has 2 unspecified atom stereocenters. The second-order valence-corrected chi connectivity index (χ2v) is 5.36. The first-order valence-corrected chi connectivity index (χ1v) is 7.00. The Balaban J connectivity index is 1.84. The van der Waals surface area contributed by atoms with Crippen LogP contribution in [0.1, 0.15) is 23.7 Å². The third-order valence-electron chi connectivity index (χ3n) is 3.92. The van der Waals surface area contributed by atoms with E-state index >= 15 is 0 Å². The van der Waals surface area contributed by atoms with E-state index in [1.165, 1.54) is 0 Å². The maximum atomic E-state index is 12.5. The second kappa shape index (κ2) is 4.93. The number of hydrogen-bond acceptors (Lipinski definition) is 3. The van der Waals surface area contributed by atoms with Crippen LogP contribution in [0, 0.1) is 5.92 Å². The van der Waals surface area contributed by atoms with Crippen molar-refractivity contribution >= 4 is 17.5 Å². The van der Waals surface area contributed by atoms with Gasteiger partial charge in [0.15, 0.2) is 11.5 Å². The number of likely N-dealkylation sites (tertiary alicyclic amines) is 1. The van der Waals surface area contributed by atoms with Gasteiger partial charge in [-0.3, -0.25) is 4.79 Å². The summed E-state index contributed by atoms with van der Waals surface area (Å²) in [5.74, 6) is 2.29. The van der Waals surface area contributed by atoms with Crippen molar-refractivity contribution in [2.45, 2.75) is 19.4 Å². The van der Waals surface area contributed by atoms with Gasteiger partial charge in [0.25, 0.3) is 5.91 Å². The molecule has 0 aliphatic carbocycles. The SMILES string of the molecule is CC1CCN(C(=O)c2ccc3c(c2)OCO3)C1CCl. The van der Waals surface area contributed by atoms with Crippen LogP contribution in [0.3, 0.4) is 0 Å². The summed E-state index contributed by atoms with van der Waals surface area (Å²) in [5.41, 5.74) is 0.633. The molecule has 2 aliphatic heterocycles. The van der Waals surface area contributed by atoms with E-state index < -0.39 is 0 Å². The fourth-order valence-corrected chi connectivity index (χ4v) is 3.16. The van der Waals surface area contributed by atoms with E-state index in [1.807, 2.05) is 4.90 Å². The Hall–Kier alpha value is -1.42. The lowest BCUT2D eigenvalue weighted by Crippen LogP contribution is -2.38. The van der Waals surface area contributed by atoms with Crippen molar-refractivity contribution in [3.8, 4) is 11.5 Å². The van der Waals surface area contributed by atoms with Crippen molar-refractivity contribution in [1.82, 2.24) is 4.90 Å². The third-order valence-corrected chi connectivity index (χ3v) is 4.24. The average Bonchev–Trinajstić information content (AvgIpc) is 3.02. The molecule has 4 nitrogen and oxygen atoms in total. The summed E-state index contributed by atoms with van der Waals surface area (Å²) < 4.78 is 10.6. The Labute approximate surface area is 117 Å². The van der Waals surface area contributed by atoms with Gasteiger partial charge in [-0.1, -0.05) is 6.92 Å². The van der Waals surface area contributed by atoms with Crippen LogP contribution in [0.5, 0.6) is 11.5 Å². The van der Waals surface area contributed by atoms with Gasteiger partial charge in [-0.05, 0) is 30.5 Å². The molecule has 1 amide bonds. The fourth-order valence-electron chi connectivity index (χ4n) is 2.69. The zero-order valence-corrected chi connectivity index (χ0v) is 11.5. The van der Waals surface area contributed by atoms with E-state index in [1.54, 1.807) is 18.2 Å². The van der Waals surface area contributed by atoms with Crippen LogP contribution >= 0.6 is 11.6 Å². The molecule has 0 aromatic heterocycles. The topological polar surface area (TPSA) is 38.8 Å². The van der Waals surface area contributed by atoms with Gasteiger partial charge in [-0.25, -0.2) is 0 Å². The molecule has 0 N–H and O–H groups in total. The molecule has 3 rings (SSSR count). The lowest BCUT2D eigenvalue weighted by Gasteiger charge is -2.25. The highest BCUT2D eigenvalue weighted by atomic mass is 35.5. The number of rotatable bonds is 2. The van der Waals surface area contributed by atoms with Crippen molar-refractivity contribution < 1.29 is 14.3 Å².